The predicted molar refractivity (Wildman–Crippen MR) is 82.1 cm³/mol. The van der Waals surface area contributed by atoms with Crippen molar-refractivity contribution in [2.75, 3.05) is 7.11 Å². The van der Waals surface area contributed by atoms with E-state index in [2.05, 4.69) is 24.8 Å². The lowest BCUT2D eigenvalue weighted by Gasteiger charge is -2.16. The number of rotatable bonds is 3. The Morgan fingerprint density at radius 3 is 2.50 bits per heavy atom. The molecule has 0 radical (unpaired) electrons. The van der Waals surface area contributed by atoms with E-state index in [0.29, 0.717) is 22.9 Å². The third-order valence-corrected chi connectivity index (χ3v) is 4.82. The fourth-order valence-electron chi connectivity index (χ4n) is 2.28. The number of esters is 1. The lowest BCUT2D eigenvalue weighted by Crippen LogP contribution is -2.26. The second-order valence-corrected chi connectivity index (χ2v) is 7.39. The molecule has 132 valence electrons. The van der Waals surface area contributed by atoms with Crippen molar-refractivity contribution in [3.63, 3.8) is 0 Å². The summed E-state index contributed by atoms with van der Waals surface area (Å²) in [6, 6.07) is 4.70. The monoisotopic (exact) mass is 428 g/mol. The molecule has 1 aliphatic carbocycles. The van der Waals surface area contributed by atoms with Gasteiger partial charge in [-0.25, -0.2) is 4.79 Å². The first-order chi connectivity index (χ1) is 11.1. The molecule has 0 N–H and O–H groups in total. The maximum Gasteiger partial charge on any atom is 0.534 e. The van der Waals surface area contributed by atoms with Crippen LogP contribution in [0.15, 0.2) is 28.2 Å². The zero-order valence-electron chi connectivity index (χ0n) is 12.3. The molecule has 24 heavy (non-hydrogen) atoms. The number of alkyl halides is 3. The van der Waals surface area contributed by atoms with Crippen molar-refractivity contribution >= 4 is 37.8 Å². The number of fused-ring (bicyclic) bond motifs is 1. The number of benzene rings is 1. The summed E-state index contributed by atoms with van der Waals surface area (Å²) >= 11 is 3.17. The van der Waals surface area contributed by atoms with E-state index in [-0.39, 0.29) is 17.6 Å². The average Bonchev–Trinajstić information content (AvgIpc) is 2.65. The van der Waals surface area contributed by atoms with Crippen molar-refractivity contribution < 1.29 is 35.3 Å². The Bertz CT molecular complexity index is 799. The minimum absolute atomic E-state index is 0.0294. The Morgan fingerprint density at radius 2 is 1.92 bits per heavy atom. The average molecular weight is 429 g/mol. The number of ether oxygens (including phenoxy) is 1. The van der Waals surface area contributed by atoms with Crippen LogP contribution < -0.4 is 0 Å². The van der Waals surface area contributed by atoms with Gasteiger partial charge in [0.15, 0.2) is 5.76 Å². The number of methoxy groups -OCH3 is 1. The van der Waals surface area contributed by atoms with Gasteiger partial charge in [-0.1, -0.05) is 22.0 Å². The number of carbonyl (C=O) groups is 1. The Balaban J connectivity index is 2.69. The summed E-state index contributed by atoms with van der Waals surface area (Å²) in [7, 11) is -4.87. The molecular weight excluding hydrogens is 417 g/mol. The van der Waals surface area contributed by atoms with Gasteiger partial charge in [-0.3, -0.25) is 0 Å². The first-order valence-corrected chi connectivity index (χ1v) is 8.88. The topological polar surface area (TPSA) is 69.7 Å². The summed E-state index contributed by atoms with van der Waals surface area (Å²) in [6.07, 6.45) is 0.904. The summed E-state index contributed by atoms with van der Waals surface area (Å²) in [5, 5.41) is 0. The molecule has 2 rings (SSSR count). The summed E-state index contributed by atoms with van der Waals surface area (Å²) < 4.78 is 70.4. The van der Waals surface area contributed by atoms with Crippen molar-refractivity contribution in [1.82, 2.24) is 0 Å². The molecule has 1 aliphatic rings. The van der Waals surface area contributed by atoms with Crippen LogP contribution >= 0.6 is 15.9 Å². The fraction of sp³-hybridized carbons (Fsp3) is 0.357. The quantitative estimate of drug-likeness (QED) is 0.418. The Morgan fingerprint density at radius 1 is 1.25 bits per heavy atom. The van der Waals surface area contributed by atoms with Crippen molar-refractivity contribution in [2.45, 2.75) is 24.8 Å². The molecule has 0 saturated carbocycles. The van der Waals surface area contributed by atoms with E-state index in [9.17, 15) is 26.4 Å². The molecule has 5 nitrogen and oxygen atoms in total. The normalized spacial score (nSPS) is 15.5. The van der Waals surface area contributed by atoms with Gasteiger partial charge in [-0.15, -0.1) is 0 Å². The molecular formula is C14H12BrF3O5S. The second-order valence-electron chi connectivity index (χ2n) is 4.94. The third-order valence-electron chi connectivity index (χ3n) is 3.37. The first-order valence-electron chi connectivity index (χ1n) is 6.68. The molecule has 0 spiro atoms. The van der Waals surface area contributed by atoms with Crippen LogP contribution in [-0.2, 0) is 30.3 Å². The molecule has 0 bridgehead atoms. The summed E-state index contributed by atoms with van der Waals surface area (Å²) in [6.45, 7) is 0. The highest BCUT2D eigenvalue weighted by Gasteiger charge is 2.49. The highest BCUT2D eigenvalue weighted by atomic mass is 79.9. The van der Waals surface area contributed by atoms with E-state index >= 15 is 0 Å². The van der Waals surface area contributed by atoms with E-state index in [4.69, 9.17) is 0 Å². The summed E-state index contributed by atoms with van der Waals surface area (Å²) in [5.74, 6) is -1.58. The van der Waals surface area contributed by atoms with Gasteiger partial charge < -0.3 is 8.92 Å². The van der Waals surface area contributed by atoms with Crippen LogP contribution in [-0.4, -0.2) is 27.0 Å². The van der Waals surface area contributed by atoms with Crippen LogP contribution in [0.5, 0.6) is 0 Å². The minimum atomic E-state index is -5.92. The van der Waals surface area contributed by atoms with Gasteiger partial charge in [0, 0.05) is 10.0 Å². The number of aryl methyl sites for hydroxylation is 1. The smallest absolute Gasteiger partial charge is 0.466 e. The number of hydrogen-bond donors (Lipinski definition) is 0. The maximum absolute atomic E-state index is 12.7. The predicted octanol–water partition coefficient (Wildman–Crippen LogP) is 3.54. The van der Waals surface area contributed by atoms with Crippen molar-refractivity contribution in [1.29, 1.82) is 0 Å². The molecule has 0 atom stereocenters. The van der Waals surface area contributed by atoms with Crippen LogP contribution in [0.4, 0.5) is 13.2 Å². The molecule has 1 aromatic carbocycles. The SMILES string of the molecule is COC(=O)C1=C(OS(=O)(=O)C(F)(F)F)c2cc(Br)ccc2CCC1. The van der Waals surface area contributed by atoms with Gasteiger partial charge in [0.25, 0.3) is 0 Å². The number of carbonyl (C=O) groups excluding carboxylic acids is 1. The number of hydrogen-bond acceptors (Lipinski definition) is 5. The molecule has 0 saturated heterocycles. The fourth-order valence-corrected chi connectivity index (χ4v) is 3.15. The maximum atomic E-state index is 12.7. The second kappa shape index (κ2) is 6.75. The highest BCUT2D eigenvalue weighted by Crippen LogP contribution is 2.37. The summed E-state index contributed by atoms with van der Waals surface area (Å²) in [5.41, 5.74) is -5.18. The van der Waals surface area contributed by atoms with Gasteiger partial charge in [-0.2, -0.15) is 21.6 Å². The highest BCUT2D eigenvalue weighted by molar-refractivity contribution is 9.10. The Hall–Kier alpha value is -1.55. The lowest BCUT2D eigenvalue weighted by molar-refractivity contribution is -0.136. The molecule has 0 amide bonds. The Kier molecular flexibility index (Phi) is 5.28. The van der Waals surface area contributed by atoms with Crippen molar-refractivity contribution in [3.05, 3.63) is 39.4 Å². The van der Waals surface area contributed by atoms with Crippen molar-refractivity contribution in [3.8, 4) is 0 Å². The van der Waals surface area contributed by atoms with Gasteiger partial charge >= 0.3 is 21.6 Å². The van der Waals surface area contributed by atoms with Gasteiger partial charge in [0.05, 0.1) is 12.7 Å². The van der Waals surface area contributed by atoms with Gasteiger partial charge in [0.1, 0.15) is 0 Å². The standard InChI is InChI=1S/C14H12BrF3O5S/c1-22-13(19)10-4-2-3-8-5-6-9(15)7-11(8)12(10)23-24(20,21)14(16,17)18/h5-7H,2-4H2,1H3. The van der Waals surface area contributed by atoms with Gasteiger partial charge in [0.2, 0.25) is 0 Å². The van der Waals surface area contributed by atoms with Gasteiger partial charge in [-0.05, 0) is 37.0 Å². The lowest BCUT2D eigenvalue weighted by atomic mass is 10.0. The molecule has 10 heteroatoms. The molecule has 0 fully saturated rings. The number of halogens is 4. The molecule has 0 aromatic heterocycles. The molecule has 0 aliphatic heterocycles. The summed E-state index contributed by atoms with van der Waals surface area (Å²) in [4.78, 5) is 11.9. The van der Waals surface area contributed by atoms with Crippen LogP contribution in [0.3, 0.4) is 0 Å². The van der Waals surface area contributed by atoms with Crippen LogP contribution in [0.25, 0.3) is 5.76 Å². The van der Waals surface area contributed by atoms with E-state index in [1.54, 1.807) is 12.1 Å². The van der Waals surface area contributed by atoms with Crippen LogP contribution in [0.1, 0.15) is 24.0 Å². The third kappa shape index (κ3) is 3.75. The van der Waals surface area contributed by atoms with E-state index in [1.807, 2.05) is 0 Å². The van der Waals surface area contributed by atoms with Crippen molar-refractivity contribution in [2.24, 2.45) is 0 Å². The molecule has 1 aromatic rings. The zero-order valence-corrected chi connectivity index (χ0v) is 14.7. The zero-order chi connectivity index (χ0) is 18.1. The van der Waals surface area contributed by atoms with Crippen LogP contribution in [0, 0.1) is 0 Å². The van der Waals surface area contributed by atoms with E-state index < -0.39 is 27.4 Å². The Labute approximate surface area is 144 Å². The minimum Gasteiger partial charge on any atom is -0.466 e. The van der Waals surface area contributed by atoms with E-state index in [1.165, 1.54) is 6.07 Å². The van der Waals surface area contributed by atoms with Crippen LogP contribution in [0.2, 0.25) is 0 Å². The molecule has 0 unspecified atom stereocenters. The first kappa shape index (κ1) is 18.8. The van der Waals surface area contributed by atoms with E-state index in [0.717, 1.165) is 7.11 Å². The molecule has 0 heterocycles. The largest absolute Gasteiger partial charge is 0.534 e.